The number of rotatable bonds is 42. The van der Waals surface area contributed by atoms with Crippen LogP contribution >= 0.6 is 0 Å². The normalized spacial score (nSPS) is 17.6. The summed E-state index contributed by atoms with van der Waals surface area (Å²) < 4.78 is 18.0. The van der Waals surface area contributed by atoms with Gasteiger partial charge in [0.1, 0.15) is 5.60 Å². The fourth-order valence-corrected chi connectivity index (χ4v) is 10.4. The molecule has 372 valence electrons. The highest BCUT2D eigenvalue weighted by molar-refractivity contribution is 5.70. The zero-order valence-corrected chi connectivity index (χ0v) is 43.6. The molecule has 0 aromatic heterocycles. The van der Waals surface area contributed by atoms with Gasteiger partial charge in [-0.2, -0.15) is 0 Å². The Morgan fingerprint density at radius 3 is 1.11 bits per heavy atom. The van der Waals surface area contributed by atoms with E-state index in [4.69, 9.17) is 14.2 Å². The van der Waals surface area contributed by atoms with Gasteiger partial charge in [-0.3, -0.25) is 9.59 Å². The van der Waals surface area contributed by atoms with Crippen LogP contribution in [0.5, 0.6) is 0 Å². The molecular formula is C56H107NO6. The molecule has 0 aromatic rings. The monoisotopic (exact) mass is 890 g/mol. The first-order valence-corrected chi connectivity index (χ1v) is 27.5. The Morgan fingerprint density at radius 2 is 0.794 bits per heavy atom. The number of nitrogens with zero attached hydrogens (tertiary/aromatic N) is 1. The predicted molar refractivity (Wildman–Crippen MR) is 267 cm³/mol. The molecule has 0 N–H and O–H groups in total. The molecule has 7 heteroatoms. The molecule has 1 amide bonds. The van der Waals surface area contributed by atoms with Crippen LogP contribution < -0.4 is 0 Å². The van der Waals surface area contributed by atoms with Crippen LogP contribution in [-0.4, -0.2) is 55.3 Å². The SMILES string of the molecule is CCCCCCCCCC(CCCCCCCCC)CC(=O)OCC1(C)CC(COC(=O)CC(CCCCCCCCC)CCCCCCCCC)(CN(C)C(=O)OC(C)(C)C)C1. The minimum atomic E-state index is -0.603. The molecule has 0 heterocycles. The lowest BCUT2D eigenvalue weighted by molar-refractivity contribution is -0.168. The lowest BCUT2D eigenvalue weighted by Gasteiger charge is -2.55. The number of carbonyl (C=O) groups excluding carboxylic acids is 3. The summed E-state index contributed by atoms with van der Waals surface area (Å²) in [6.07, 6.45) is 42.4. The van der Waals surface area contributed by atoms with E-state index in [-0.39, 0.29) is 30.1 Å². The Kier molecular flexibility index (Phi) is 34.2. The van der Waals surface area contributed by atoms with E-state index >= 15 is 0 Å². The van der Waals surface area contributed by atoms with E-state index in [1.165, 1.54) is 180 Å². The summed E-state index contributed by atoms with van der Waals surface area (Å²) in [5.41, 5.74) is -1.25. The van der Waals surface area contributed by atoms with Gasteiger partial charge >= 0.3 is 18.0 Å². The first kappa shape index (κ1) is 59.2. The van der Waals surface area contributed by atoms with E-state index in [1.807, 2.05) is 20.8 Å². The van der Waals surface area contributed by atoms with Gasteiger partial charge in [0.15, 0.2) is 0 Å². The highest BCUT2D eigenvalue weighted by Gasteiger charge is 2.54. The number of ether oxygens (including phenoxy) is 3. The van der Waals surface area contributed by atoms with E-state index in [0.29, 0.717) is 50.7 Å². The third-order valence-electron chi connectivity index (χ3n) is 13.8. The minimum Gasteiger partial charge on any atom is -0.465 e. The van der Waals surface area contributed by atoms with Crippen molar-refractivity contribution >= 4 is 18.0 Å². The zero-order valence-electron chi connectivity index (χ0n) is 43.6. The molecule has 0 bridgehead atoms. The second-order valence-electron chi connectivity index (χ2n) is 22.1. The third-order valence-corrected chi connectivity index (χ3v) is 13.8. The van der Waals surface area contributed by atoms with Gasteiger partial charge in [0, 0.05) is 37.3 Å². The molecule has 0 unspecified atom stereocenters. The number of esters is 2. The Morgan fingerprint density at radius 1 is 0.492 bits per heavy atom. The van der Waals surface area contributed by atoms with E-state index < -0.39 is 11.0 Å². The van der Waals surface area contributed by atoms with Crippen molar-refractivity contribution in [3.8, 4) is 0 Å². The topological polar surface area (TPSA) is 82.1 Å². The van der Waals surface area contributed by atoms with Crippen molar-refractivity contribution < 1.29 is 28.6 Å². The maximum absolute atomic E-state index is 13.7. The average Bonchev–Trinajstić information content (AvgIpc) is 3.22. The number of carbonyl (C=O) groups is 3. The molecule has 0 spiro atoms. The predicted octanol–water partition coefficient (Wildman–Crippen LogP) is 17.3. The highest BCUT2D eigenvalue weighted by atomic mass is 16.6. The van der Waals surface area contributed by atoms with Crippen molar-refractivity contribution in [1.29, 1.82) is 0 Å². The summed E-state index contributed by atoms with van der Waals surface area (Å²) in [5, 5.41) is 0. The smallest absolute Gasteiger partial charge is 0.410 e. The van der Waals surface area contributed by atoms with Gasteiger partial charge in [0.05, 0.1) is 13.2 Å². The lowest BCUT2D eigenvalue weighted by atomic mass is 9.54. The summed E-state index contributed by atoms with van der Waals surface area (Å²) in [4.78, 5) is 41.9. The minimum absolute atomic E-state index is 0.0742. The highest BCUT2D eigenvalue weighted by Crippen LogP contribution is 2.55. The van der Waals surface area contributed by atoms with E-state index in [0.717, 1.165) is 25.7 Å². The zero-order chi connectivity index (χ0) is 46.7. The summed E-state index contributed by atoms with van der Waals surface area (Å²) >= 11 is 0. The Labute approximate surface area is 391 Å². The molecule has 0 radical (unpaired) electrons. The van der Waals surface area contributed by atoms with E-state index in [2.05, 4.69) is 34.6 Å². The van der Waals surface area contributed by atoms with Gasteiger partial charge in [0.2, 0.25) is 0 Å². The Bertz CT molecular complexity index is 1090. The molecule has 63 heavy (non-hydrogen) atoms. The molecule has 1 rings (SSSR count). The molecule has 1 saturated carbocycles. The molecule has 0 saturated heterocycles. The van der Waals surface area contributed by atoms with E-state index in [1.54, 1.807) is 11.9 Å². The van der Waals surface area contributed by atoms with Crippen molar-refractivity contribution in [3.63, 3.8) is 0 Å². The quantitative estimate of drug-likeness (QED) is 0.0345. The van der Waals surface area contributed by atoms with Gasteiger partial charge < -0.3 is 19.1 Å². The van der Waals surface area contributed by atoms with Crippen LogP contribution in [-0.2, 0) is 23.8 Å². The second-order valence-corrected chi connectivity index (χ2v) is 22.1. The molecule has 0 aromatic carbocycles. The number of unbranched alkanes of at least 4 members (excludes halogenated alkanes) is 24. The largest absolute Gasteiger partial charge is 0.465 e. The summed E-state index contributed by atoms with van der Waals surface area (Å²) in [5.74, 6) is 0.558. The number of hydrogen-bond donors (Lipinski definition) is 0. The molecule has 1 aliphatic rings. The second kappa shape index (κ2) is 36.3. The number of hydrogen-bond acceptors (Lipinski definition) is 6. The van der Waals surface area contributed by atoms with Crippen molar-refractivity contribution in [2.24, 2.45) is 22.7 Å². The average molecular weight is 890 g/mol. The van der Waals surface area contributed by atoms with Crippen LogP contribution in [0.4, 0.5) is 4.79 Å². The molecule has 0 atom stereocenters. The van der Waals surface area contributed by atoms with Crippen LogP contribution in [0.1, 0.15) is 287 Å². The standard InChI is InChI=1S/C56H107NO6/c1-10-14-18-22-26-30-34-38-49(39-35-31-27-23-19-15-11-2)42-51(58)61-47-55(8)44-56(45-55,46-57(9)53(60)63-54(5,6)7)48-62-52(59)43-50(40-36-32-28-24-20-16-12-3)41-37-33-29-25-21-17-13-4/h49-50H,10-48H2,1-9H3. The van der Waals surface area contributed by atoms with Crippen LogP contribution in [0.3, 0.4) is 0 Å². The summed E-state index contributed by atoms with van der Waals surface area (Å²) in [6, 6.07) is 0. The molecule has 1 fully saturated rings. The van der Waals surface area contributed by atoms with Crippen LogP contribution in [0.25, 0.3) is 0 Å². The molecule has 7 nitrogen and oxygen atoms in total. The van der Waals surface area contributed by atoms with Crippen LogP contribution in [0.15, 0.2) is 0 Å². The van der Waals surface area contributed by atoms with Gasteiger partial charge in [-0.15, -0.1) is 0 Å². The molecule has 0 aliphatic heterocycles. The fourth-order valence-electron chi connectivity index (χ4n) is 10.4. The van der Waals surface area contributed by atoms with Gasteiger partial charge in [-0.1, -0.05) is 214 Å². The van der Waals surface area contributed by atoms with Gasteiger partial charge in [-0.25, -0.2) is 4.79 Å². The van der Waals surface area contributed by atoms with Crippen LogP contribution in [0, 0.1) is 22.7 Å². The van der Waals surface area contributed by atoms with Crippen molar-refractivity contribution in [2.75, 3.05) is 26.8 Å². The first-order valence-electron chi connectivity index (χ1n) is 27.5. The Hall–Kier alpha value is -1.79. The number of amides is 1. The van der Waals surface area contributed by atoms with Crippen molar-refractivity contribution in [3.05, 3.63) is 0 Å². The lowest BCUT2D eigenvalue weighted by Crippen LogP contribution is -2.56. The van der Waals surface area contributed by atoms with E-state index in [9.17, 15) is 14.4 Å². The van der Waals surface area contributed by atoms with Crippen molar-refractivity contribution in [2.45, 2.75) is 292 Å². The van der Waals surface area contributed by atoms with Gasteiger partial charge in [-0.05, 0) is 71.1 Å². The summed E-state index contributed by atoms with van der Waals surface area (Å²) in [7, 11) is 1.78. The first-order chi connectivity index (χ1) is 30.2. The molecule has 1 aliphatic carbocycles. The molecular weight excluding hydrogens is 783 g/mol. The van der Waals surface area contributed by atoms with Gasteiger partial charge in [0.25, 0.3) is 0 Å². The maximum atomic E-state index is 13.7. The Balaban J connectivity index is 2.90. The van der Waals surface area contributed by atoms with Crippen LogP contribution in [0.2, 0.25) is 0 Å². The summed E-state index contributed by atoms with van der Waals surface area (Å²) in [6.45, 7) is 18.0. The third kappa shape index (κ3) is 31.7. The maximum Gasteiger partial charge on any atom is 0.410 e. The fraction of sp³-hybridized carbons (Fsp3) is 0.946. The van der Waals surface area contributed by atoms with Crippen molar-refractivity contribution in [1.82, 2.24) is 4.90 Å².